The van der Waals surface area contributed by atoms with E-state index in [0.29, 0.717) is 18.7 Å². The zero-order chi connectivity index (χ0) is 16.2. The molecule has 25 heavy (non-hydrogen) atoms. The summed E-state index contributed by atoms with van der Waals surface area (Å²) >= 11 is 0. The molecular weight excluding hydrogens is 361 g/mol. The van der Waals surface area contributed by atoms with E-state index in [-0.39, 0.29) is 36.8 Å². The molecule has 1 aromatic carbocycles. The number of likely N-dealkylation sites (tertiary alicyclic amines) is 1. The van der Waals surface area contributed by atoms with Crippen LogP contribution in [0.4, 0.5) is 0 Å². The van der Waals surface area contributed by atoms with Crippen molar-refractivity contribution < 1.29 is 9.21 Å². The third-order valence-electron chi connectivity index (χ3n) is 4.32. The number of oxazole rings is 1. The second kappa shape index (κ2) is 9.80. The summed E-state index contributed by atoms with van der Waals surface area (Å²) in [5.41, 5.74) is 7.75. The van der Waals surface area contributed by atoms with Crippen molar-refractivity contribution in [3.8, 4) is 11.3 Å². The molecule has 7 heteroatoms. The van der Waals surface area contributed by atoms with E-state index in [1.54, 1.807) is 0 Å². The van der Waals surface area contributed by atoms with Crippen molar-refractivity contribution in [2.24, 2.45) is 5.73 Å². The van der Waals surface area contributed by atoms with Gasteiger partial charge in [0.1, 0.15) is 0 Å². The Morgan fingerprint density at radius 3 is 2.52 bits per heavy atom. The summed E-state index contributed by atoms with van der Waals surface area (Å²) in [5, 5.41) is 0. The van der Waals surface area contributed by atoms with E-state index < -0.39 is 0 Å². The number of rotatable bonds is 4. The number of nitrogens with zero attached hydrogens (tertiary/aromatic N) is 2. The van der Waals surface area contributed by atoms with Gasteiger partial charge in [-0.05, 0) is 19.8 Å². The van der Waals surface area contributed by atoms with Gasteiger partial charge in [-0.25, -0.2) is 4.98 Å². The number of hydrogen-bond donors (Lipinski definition) is 1. The third kappa shape index (κ3) is 5.46. The number of carbonyl (C=O) groups excluding carboxylic acids is 1. The summed E-state index contributed by atoms with van der Waals surface area (Å²) in [6.07, 6.45) is 2.75. The molecule has 1 fully saturated rings. The van der Waals surface area contributed by atoms with E-state index in [1.807, 2.05) is 42.2 Å². The Hall–Kier alpha value is -1.56. The van der Waals surface area contributed by atoms with Crippen LogP contribution < -0.4 is 5.73 Å². The van der Waals surface area contributed by atoms with Crippen LogP contribution in [0.25, 0.3) is 11.3 Å². The van der Waals surface area contributed by atoms with Gasteiger partial charge < -0.3 is 15.1 Å². The van der Waals surface area contributed by atoms with Gasteiger partial charge in [0.25, 0.3) is 0 Å². The Morgan fingerprint density at radius 2 is 1.88 bits per heavy atom. The molecule has 1 amide bonds. The first-order valence-corrected chi connectivity index (χ1v) is 8.18. The number of hydrogen-bond acceptors (Lipinski definition) is 4. The van der Waals surface area contributed by atoms with Gasteiger partial charge in [0.2, 0.25) is 5.91 Å². The molecule has 0 spiro atoms. The van der Waals surface area contributed by atoms with E-state index in [9.17, 15) is 4.79 Å². The molecule has 0 bridgehead atoms. The lowest BCUT2D eigenvalue weighted by Gasteiger charge is -2.30. The predicted octanol–water partition coefficient (Wildman–Crippen LogP) is 3.38. The summed E-state index contributed by atoms with van der Waals surface area (Å²) in [7, 11) is 0. The second-order valence-electron chi connectivity index (χ2n) is 6.11. The first-order valence-electron chi connectivity index (χ1n) is 8.18. The van der Waals surface area contributed by atoms with Crippen LogP contribution in [0.1, 0.15) is 30.8 Å². The fourth-order valence-corrected chi connectivity index (χ4v) is 2.94. The Morgan fingerprint density at radius 1 is 1.24 bits per heavy atom. The zero-order valence-corrected chi connectivity index (χ0v) is 15.9. The van der Waals surface area contributed by atoms with Crippen LogP contribution in [0.3, 0.4) is 0 Å². The monoisotopic (exact) mass is 385 g/mol. The molecule has 1 aromatic heterocycles. The molecule has 1 aliphatic heterocycles. The number of carbonyl (C=O) groups is 1. The molecule has 5 nitrogen and oxygen atoms in total. The zero-order valence-electron chi connectivity index (χ0n) is 14.3. The van der Waals surface area contributed by atoms with E-state index in [0.717, 1.165) is 42.9 Å². The average molecular weight is 386 g/mol. The van der Waals surface area contributed by atoms with Crippen molar-refractivity contribution >= 4 is 30.7 Å². The van der Waals surface area contributed by atoms with Crippen LogP contribution in [0, 0.1) is 6.92 Å². The largest absolute Gasteiger partial charge is 0.440 e. The van der Waals surface area contributed by atoms with Gasteiger partial charge in [0, 0.05) is 37.5 Å². The van der Waals surface area contributed by atoms with Crippen LogP contribution in [0.15, 0.2) is 34.7 Å². The maximum atomic E-state index is 12.3. The number of halogens is 2. The van der Waals surface area contributed by atoms with Crippen molar-refractivity contribution in [1.29, 1.82) is 0 Å². The van der Waals surface area contributed by atoms with E-state index in [2.05, 4.69) is 4.98 Å². The van der Waals surface area contributed by atoms with Gasteiger partial charge in [-0.3, -0.25) is 4.79 Å². The number of piperidine rings is 1. The molecule has 0 aliphatic carbocycles. The van der Waals surface area contributed by atoms with Crippen LogP contribution in [-0.4, -0.2) is 34.9 Å². The molecule has 1 aliphatic rings. The van der Waals surface area contributed by atoms with Crippen molar-refractivity contribution in [2.75, 3.05) is 13.1 Å². The standard InChI is InChI=1S/C18H23N3O2.2ClH/c1-13-18(14-5-3-2-4-6-14)23-16(20-13)7-8-17(22)21-11-9-15(19)10-12-21;;/h2-6,15H,7-12,19H2,1H3;2*1H. The topological polar surface area (TPSA) is 72.4 Å². The molecule has 3 rings (SSSR count). The molecule has 1 saturated heterocycles. The SMILES string of the molecule is Cc1nc(CCC(=O)N2CCC(N)CC2)oc1-c1ccccc1.Cl.Cl. The van der Waals surface area contributed by atoms with Crippen molar-refractivity contribution in [1.82, 2.24) is 9.88 Å². The van der Waals surface area contributed by atoms with Crippen molar-refractivity contribution in [3.05, 3.63) is 41.9 Å². The fraction of sp³-hybridized carbons (Fsp3) is 0.444. The van der Waals surface area contributed by atoms with E-state index >= 15 is 0 Å². The van der Waals surface area contributed by atoms with Gasteiger partial charge in [-0.1, -0.05) is 30.3 Å². The van der Waals surface area contributed by atoms with Gasteiger partial charge in [-0.15, -0.1) is 24.8 Å². The Kier molecular flexibility index (Phi) is 8.42. The van der Waals surface area contributed by atoms with Gasteiger partial charge >= 0.3 is 0 Å². The molecule has 2 N–H and O–H groups in total. The van der Waals surface area contributed by atoms with E-state index in [4.69, 9.17) is 10.2 Å². The summed E-state index contributed by atoms with van der Waals surface area (Å²) < 4.78 is 5.85. The normalized spacial score (nSPS) is 14.6. The molecule has 0 radical (unpaired) electrons. The quantitative estimate of drug-likeness (QED) is 0.875. The van der Waals surface area contributed by atoms with E-state index in [1.165, 1.54) is 0 Å². The third-order valence-corrected chi connectivity index (χ3v) is 4.32. The molecule has 0 saturated carbocycles. The van der Waals surface area contributed by atoms with Crippen LogP contribution in [0.2, 0.25) is 0 Å². The lowest BCUT2D eigenvalue weighted by atomic mass is 10.1. The lowest BCUT2D eigenvalue weighted by Crippen LogP contribution is -2.42. The summed E-state index contributed by atoms with van der Waals surface area (Å²) in [4.78, 5) is 18.6. The van der Waals surface area contributed by atoms with Gasteiger partial charge in [0.15, 0.2) is 11.7 Å². The smallest absolute Gasteiger partial charge is 0.223 e. The van der Waals surface area contributed by atoms with Gasteiger partial charge in [-0.2, -0.15) is 0 Å². The number of amides is 1. The average Bonchev–Trinajstić information content (AvgIpc) is 2.95. The Labute approximate surface area is 160 Å². The summed E-state index contributed by atoms with van der Waals surface area (Å²) in [6.45, 7) is 3.46. The second-order valence-corrected chi connectivity index (χ2v) is 6.11. The lowest BCUT2D eigenvalue weighted by molar-refractivity contribution is -0.132. The molecule has 2 aromatic rings. The highest BCUT2D eigenvalue weighted by atomic mass is 35.5. The molecule has 0 atom stereocenters. The number of aryl methyl sites for hydroxylation is 2. The minimum atomic E-state index is 0. The molecular formula is C18H25Cl2N3O2. The first kappa shape index (κ1) is 21.5. The Balaban J connectivity index is 0.00000156. The van der Waals surface area contributed by atoms with Crippen LogP contribution >= 0.6 is 24.8 Å². The molecule has 138 valence electrons. The Bertz CT molecular complexity index is 668. The number of benzene rings is 1. The van der Waals surface area contributed by atoms with Crippen molar-refractivity contribution in [2.45, 2.75) is 38.6 Å². The number of nitrogens with two attached hydrogens (primary N) is 1. The summed E-state index contributed by atoms with van der Waals surface area (Å²) in [6, 6.07) is 10.2. The van der Waals surface area contributed by atoms with Crippen LogP contribution in [0.5, 0.6) is 0 Å². The number of aromatic nitrogens is 1. The minimum absolute atomic E-state index is 0. The predicted molar refractivity (Wildman–Crippen MR) is 103 cm³/mol. The maximum Gasteiger partial charge on any atom is 0.223 e. The highest BCUT2D eigenvalue weighted by Gasteiger charge is 2.21. The minimum Gasteiger partial charge on any atom is -0.440 e. The van der Waals surface area contributed by atoms with Crippen LogP contribution in [-0.2, 0) is 11.2 Å². The summed E-state index contributed by atoms with van der Waals surface area (Å²) in [5.74, 6) is 1.58. The van der Waals surface area contributed by atoms with Crippen molar-refractivity contribution in [3.63, 3.8) is 0 Å². The van der Waals surface area contributed by atoms with Gasteiger partial charge in [0.05, 0.1) is 5.69 Å². The first-order chi connectivity index (χ1) is 11.1. The fourth-order valence-electron chi connectivity index (χ4n) is 2.94. The maximum absolute atomic E-state index is 12.3. The molecule has 0 unspecified atom stereocenters. The highest BCUT2D eigenvalue weighted by Crippen LogP contribution is 2.24. The molecule has 2 heterocycles. The highest BCUT2D eigenvalue weighted by molar-refractivity contribution is 5.85.